The number of benzene rings is 1. The average Bonchev–Trinajstić information content (AvgIpc) is 2.78. The van der Waals surface area contributed by atoms with Gasteiger partial charge in [0.25, 0.3) is 21.7 Å². The molecule has 16 heteroatoms. The lowest BCUT2D eigenvalue weighted by atomic mass is 10.00. The summed E-state index contributed by atoms with van der Waals surface area (Å²) in [7, 11) is -3.74. The second-order valence-electron chi connectivity index (χ2n) is 7.63. The predicted molar refractivity (Wildman–Crippen MR) is 128 cm³/mol. The first-order valence-corrected chi connectivity index (χ1v) is 13.1. The topological polar surface area (TPSA) is 183 Å². The van der Waals surface area contributed by atoms with Gasteiger partial charge >= 0.3 is 5.69 Å². The number of carbonyl (C=O) groups excluding carboxylic acids is 1. The number of carbonyl (C=O) groups is 1. The third-order valence-electron chi connectivity index (χ3n) is 5.06. The normalized spacial score (nSPS) is 14.5. The summed E-state index contributed by atoms with van der Waals surface area (Å²) < 4.78 is 32.2. The van der Waals surface area contributed by atoms with Crippen molar-refractivity contribution in [3.8, 4) is 0 Å². The Bertz CT molecular complexity index is 1030. The van der Waals surface area contributed by atoms with Crippen molar-refractivity contribution >= 4 is 44.7 Å². The molecule has 35 heavy (non-hydrogen) atoms. The first kappa shape index (κ1) is 28.6. The lowest BCUT2D eigenvalue weighted by molar-refractivity contribution is -0.394. The van der Waals surface area contributed by atoms with E-state index in [1.807, 2.05) is 0 Å². The van der Waals surface area contributed by atoms with E-state index in [1.165, 1.54) is 6.07 Å². The molecule has 0 spiro atoms. The zero-order valence-electron chi connectivity index (χ0n) is 19.2. The van der Waals surface area contributed by atoms with Crippen LogP contribution in [0.15, 0.2) is 6.07 Å². The number of nitrogens with zero attached hydrogens (tertiary/aromatic N) is 3. The molecule has 0 atom stereocenters. The zero-order chi connectivity index (χ0) is 26.0. The van der Waals surface area contributed by atoms with Gasteiger partial charge in [-0.3, -0.25) is 34.1 Å². The number of ether oxygens (including phenoxy) is 1. The molecule has 0 saturated carbocycles. The van der Waals surface area contributed by atoms with E-state index in [1.54, 1.807) is 0 Å². The van der Waals surface area contributed by atoms with E-state index in [0.717, 1.165) is 19.3 Å². The molecule has 1 heterocycles. The third kappa shape index (κ3) is 8.85. The quantitative estimate of drug-likeness (QED) is 0.114. The highest BCUT2D eigenvalue weighted by Crippen LogP contribution is 2.39. The number of nitro groups is 2. The van der Waals surface area contributed by atoms with Gasteiger partial charge in [-0.15, -0.1) is 11.6 Å². The monoisotopic (exact) mass is 537 g/mol. The molecule has 0 unspecified atom stereocenters. The lowest BCUT2D eigenvalue weighted by Crippen LogP contribution is -2.38. The Morgan fingerprint density at radius 1 is 1.20 bits per heavy atom. The van der Waals surface area contributed by atoms with Crippen molar-refractivity contribution in [1.82, 2.24) is 10.2 Å². The van der Waals surface area contributed by atoms with Gasteiger partial charge in [0.2, 0.25) is 0 Å². The molecule has 196 valence electrons. The number of morpholine rings is 1. The van der Waals surface area contributed by atoms with E-state index in [2.05, 4.69) is 19.7 Å². The predicted octanol–water partition coefficient (Wildman–Crippen LogP) is 1.12. The van der Waals surface area contributed by atoms with Crippen molar-refractivity contribution in [3.05, 3.63) is 37.4 Å². The highest BCUT2D eigenvalue weighted by molar-refractivity contribution is 7.85. The molecule has 1 saturated heterocycles. The Balaban J connectivity index is 2.31. The van der Waals surface area contributed by atoms with Crippen LogP contribution in [0.1, 0.15) is 22.3 Å². The zero-order valence-corrected chi connectivity index (χ0v) is 20.7. The van der Waals surface area contributed by atoms with Gasteiger partial charge in [-0.2, -0.15) is 8.42 Å². The van der Waals surface area contributed by atoms with Gasteiger partial charge in [-0.05, 0) is 25.5 Å². The number of aryl methyl sites for hydroxylation is 1. The summed E-state index contributed by atoms with van der Waals surface area (Å²) in [6.07, 6.45) is 1.35. The molecular weight excluding hydrogens is 510 g/mol. The molecule has 0 radical (unpaired) electrons. The minimum absolute atomic E-state index is 0.0261. The van der Waals surface area contributed by atoms with Gasteiger partial charge < -0.3 is 15.4 Å². The molecule has 0 bridgehead atoms. The molecule has 0 aromatic heterocycles. The molecule has 14 nitrogen and oxygen atoms in total. The van der Waals surface area contributed by atoms with E-state index in [4.69, 9.17) is 16.3 Å². The Labute approximate surface area is 207 Å². The van der Waals surface area contributed by atoms with Crippen LogP contribution in [0.4, 0.5) is 17.1 Å². The minimum Gasteiger partial charge on any atom is -0.379 e. The van der Waals surface area contributed by atoms with Crippen molar-refractivity contribution in [3.63, 3.8) is 0 Å². The highest BCUT2D eigenvalue weighted by atomic mass is 35.5. The van der Waals surface area contributed by atoms with E-state index >= 15 is 0 Å². The van der Waals surface area contributed by atoms with Crippen molar-refractivity contribution in [1.29, 1.82) is 0 Å². The Kier molecular flexibility index (Phi) is 11.0. The second kappa shape index (κ2) is 13.5. The summed E-state index contributed by atoms with van der Waals surface area (Å²) in [4.78, 5) is 37.2. The molecule has 1 aliphatic rings. The second-order valence-corrected chi connectivity index (χ2v) is 9.65. The maximum atomic E-state index is 13.0. The van der Waals surface area contributed by atoms with Gasteiger partial charge in [0.05, 0.1) is 35.9 Å². The summed E-state index contributed by atoms with van der Waals surface area (Å²) in [6.45, 7) is 3.02. The largest absolute Gasteiger partial charge is 0.379 e. The number of amides is 1. The number of nitro benzene ring substituents is 2. The molecule has 2 N–H and O–H groups in total. The lowest BCUT2D eigenvalue weighted by Gasteiger charge is -2.26. The van der Waals surface area contributed by atoms with Gasteiger partial charge in [-0.25, -0.2) is 0 Å². The van der Waals surface area contributed by atoms with Crippen LogP contribution in [0.5, 0.6) is 0 Å². The molecule has 2 rings (SSSR count). The number of hydrogen-bond donors (Lipinski definition) is 2. The van der Waals surface area contributed by atoms with Crippen LogP contribution in [-0.4, -0.2) is 93.8 Å². The summed E-state index contributed by atoms with van der Waals surface area (Å²) in [5.74, 6) is -0.993. The van der Waals surface area contributed by atoms with E-state index in [9.17, 15) is 33.4 Å². The van der Waals surface area contributed by atoms with Crippen molar-refractivity contribution in [2.24, 2.45) is 0 Å². The average molecular weight is 538 g/mol. The first-order chi connectivity index (χ1) is 16.5. The number of hydrogen-bond acceptors (Lipinski definition) is 11. The van der Waals surface area contributed by atoms with Crippen LogP contribution in [0.25, 0.3) is 0 Å². The van der Waals surface area contributed by atoms with Crippen molar-refractivity contribution < 1.29 is 32.0 Å². The van der Waals surface area contributed by atoms with Crippen LogP contribution < -0.4 is 10.6 Å². The fourth-order valence-electron chi connectivity index (χ4n) is 3.56. The number of alkyl halides is 1. The number of halogens is 1. The van der Waals surface area contributed by atoms with Crippen LogP contribution in [-0.2, 0) is 25.5 Å². The van der Waals surface area contributed by atoms with Gasteiger partial charge in [0.15, 0.2) is 5.56 Å². The summed E-state index contributed by atoms with van der Waals surface area (Å²) in [6, 6.07) is 1.17. The molecule has 1 aromatic rings. The van der Waals surface area contributed by atoms with E-state index < -0.39 is 42.8 Å². The number of nitrogens with one attached hydrogen (secondary N) is 2. The summed E-state index contributed by atoms with van der Waals surface area (Å²) in [5.41, 5.74) is -2.33. The fourth-order valence-corrected chi connectivity index (χ4v) is 4.14. The maximum absolute atomic E-state index is 13.0. The number of rotatable bonds is 14. The molecule has 1 amide bonds. The Hall–Kier alpha value is -2.59. The first-order valence-electron chi connectivity index (χ1n) is 10.8. The Morgan fingerprint density at radius 3 is 2.43 bits per heavy atom. The minimum atomic E-state index is -3.74. The summed E-state index contributed by atoms with van der Waals surface area (Å²) >= 11 is 5.77. The SMILES string of the molecule is CS(=O)(=O)OCCNc1cc(CCCl)c([N+](=O)[O-])c(C(=O)NCCCN2CCOCC2)c1[N+](=O)[O-]. The molecule has 1 aromatic carbocycles. The van der Waals surface area contributed by atoms with Gasteiger partial charge in [-0.1, -0.05) is 0 Å². The van der Waals surface area contributed by atoms with Crippen LogP contribution in [0, 0.1) is 20.2 Å². The van der Waals surface area contributed by atoms with Crippen LogP contribution in [0.2, 0.25) is 0 Å². The Morgan fingerprint density at radius 2 is 1.86 bits per heavy atom. The van der Waals surface area contributed by atoms with E-state index in [-0.39, 0.29) is 43.2 Å². The smallest absolute Gasteiger partial charge is 0.312 e. The molecule has 0 aliphatic carbocycles. The van der Waals surface area contributed by atoms with Crippen LogP contribution in [0.3, 0.4) is 0 Å². The van der Waals surface area contributed by atoms with Crippen molar-refractivity contribution in [2.75, 3.05) is 70.0 Å². The molecule has 1 fully saturated rings. The van der Waals surface area contributed by atoms with Crippen molar-refractivity contribution in [2.45, 2.75) is 12.8 Å². The number of anilines is 1. The summed E-state index contributed by atoms with van der Waals surface area (Å²) in [5, 5.41) is 28.9. The fraction of sp³-hybridized carbons (Fsp3) is 0.632. The van der Waals surface area contributed by atoms with Crippen LogP contribution >= 0.6 is 11.6 Å². The highest BCUT2D eigenvalue weighted by Gasteiger charge is 2.37. The van der Waals surface area contributed by atoms with Gasteiger partial charge in [0, 0.05) is 37.6 Å². The molecule has 1 aliphatic heterocycles. The third-order valence-corrected chi connectivity index (χ3v) is 5.85. The maximum Gasteiger partial charge on any atom is 0.312 e. The molecular formula is C19H28ClN5O9S. The van der Waals surface area contributed by atoms with E-state index in [0.29, 0.717) is 26.2 Å². The standard InChI is InChI=1S/C19H28ClN5O9S/c1-35(31,32)34-10-6-21-15-13-14(3-4-20)17(24(27)28)16(18(15)25(29)30)19(26)22-5-2-7-23-8-11-33-12-9-23/h13,21H,2-12H2,1H3,(H,22,26). The van der Waals surface area contributed by atoms with Gasteiger partial charge in [0.1, 0.15) is 5.69 Å².